The second-order valence-electron chi connectivity index (χ2n) is 10.2. The summed E-state index contributed by atoms with van der Waals surface area (Å²) in [4.78, 5) is 28.5. The lowest BCUT2D eigenvalue weighted by Crippen LogP contribution is -2.51. The maximum atomic E-state index is 12.9. The van der Waals surface area contributed by atoms with Crippen molar-refractivity contribution in [2.45, 2.75) is 24.5 Å². The molecule has 1 N–H and O–H groups in total. The number of Topliss-reactive ketones (excluding diaryl/α,β-unsaturated/α-hetero) is 2. The lowest BCUT2D eigenvalue weighted by Gasteiger charge is -2.45. The molecule has 1 fully saturated rings. The summed E-state index contributed by atoms with van der Waals surface area (Å²) < 4.78 is 12.4. The molecule has 2 aliphatic heterocycles. The predicted molar refractivity (Wildman–Crippen MR) is 153 cm³/mol. The summed E-state index contributed by atoms with van der Waals surface area (Å²) in [5.41, 5.74) is 2.68. The standard InChI is InChI=1S/C31H28ClNO5S/c32-22-7-9-24(10-8-22)37-18-23(34)17-33-14-12-31(13-15-33)19-39-30-28(36)27(35)25-11-6-21(16-26(25)29(30)38-31)20-4-2-1-3-5-20/h1-11,16,23,34H,12-15,17-19H2/t23-/m0/s1. The summed E-state index contributed by atoms with van der Waals surface area (Å²) in [6, 6.07) is 22.6. The van der Waals surface area contributed by atoms with Crippen LogP contribution in [0.25, 0.3) is 16.9 Å². The van der Waals surface area contributed by atoms with Gasteiger partial charge in [0.05, 0.1) is 0 Å². The Bertz CT molecular complexity index is 1430. The molecule has 0 amide bonds. The molecule has 1 spiro atoms. The first-order valence-corrected chi connectivity index (χ1v) is 14.4. The molecule has 1 saturated heterocycles. The van der Waals surface area contributed by atoms with E-state index in [4.69, 9.17) is 21.1 Å². The Morgan fingerprint density at radius 2 is 1.69 bits per heavy atom. The summed E-state index contributed by atoms with van der Waals surface area (Å²) in [7, 11) is 0. The van der Waals surface area contributed by atoms with Gasteiger partial charge in [-0.05, 0) is 47.5 Å². The Hall–Kier alpha value is -3.10. The van der Waals surface area contributed by atoms with E-state index in [2.05, 4.69) is 4.90 Å². The summed E-state index contributed by atoms with van der Waals surface area (Å²) in [5, 5.41) is 11.2. The minimum Gasteiger partial charge on any atom is -0.491 e. The molecule has 200 valence electrons. The van der Waals surface area contributed by atoms with Crippen molar-refractivity contribution in [1.82, 2.24) is 4.90 Å². The lowest BCUT2D eigenvalue weighted by atomic mass is 9.88. The topological polar surface area (TPSA) is 76.1 Å². The predicted octanol–water partition coefficient (Wildman–Crippen LogP) is 5.48. The maximum absolute atomic E-state index is 12.9. The molecule has 0 saturated carbocycles. The van der Waals surface area contributed by atoms with E-state index < -0.39 is 23.3 Å². The van der Waals surface area contributed by atoms with E-state index in [1.54, 1.807) is 30.3 Å². The SMILES string of the molecule is O=C1C(=O)c2ccc(-c3ccccc3)cc2C2=C1SCC1(CCN(C[C@H](O)COc3ccc(Cl)cc3)CC1)O2. The maximum Gasteiger partial charge on any atom is 0.243 e. The fourth-order valence-electron chi connectivity index (χ4n) is 5.34. The van der Waals surface area contributed by atoms with Gasteiger partial charge in [0.1, 0.15) is 34.7 Å². The minimum absolute atomic E-state index is 0.197. The quantitative estimate of drug-likeness (QED) is 0.399. The highest BCUT2D eigenvalue weighted by Gasteiger charge is 2.46. The van der Waals surface area contributed by atoms with Gasteiger partial charge in [0.2, 0.25) is 11.6 Å². The van der Waals surface area contributed by atoms with Crippen molar-refractivity contribution >= 4 is 40.7 Å². The number of β-amino-alcohol motifs (C(OH)–C–C–N with tert-alkyl or cyclic N) is 1. The minimum atomic E-state index is -0.629. The van der Waals surface area contributed by atoms with Crippen LogP contribution in [-0.2, 0) is 9.53 Å². The van der Waals surface area contributed by atoms with Crippen LogP contribution in [0, 0.1) is 0 Å². The van der Waals surface area contributed by atoms with E-state index in [1.807, 2.05) is 42.5 Å². The molecule has 8 heteroatoms. The number of ketones is 2. The van der Waals surface area contributed by atoms with Crippen molar-refractivity contribution in [2.75, 3.05) is 32.0 Å². The molecule has 3 aromatic carbocycles. The van der Waals surface area contributed by atoms with E-state index >= 15 is 0 Å². The van der Waals surface area contributed by atoms with Crippen molar-refractivity contribution in [2.24, 2.45) is 0 Å². The number of aliphatic hydroxyl groups is 1. The number of nitrogens with zero attached hydrogens (tertiary/aromatic N) is 1. The number of piperidine rings is 1. The average molecular weight is 562 g/mol. The zero-order chi connectivity index (χ0) is 27.0. The highest BCUT2D eigenvalue weighted by molar-refractivity contribution is 8.04. The van der Waals surface area contributed by atoms with Gasteiger partial charge in [-0.15, -0.1) is 11.8 Å². The number of allylic oxidation sites excluding steroid dienone is 1. The van der Waals surface area contributed by atoms with Crippen LogP contribution in [0.1, 0.15) is 28.8 Å². The van der Waals surface area contributed by atoms with Crippen LogP contribution in [-0.4, -0.2) is 65.3 Å². The molecule has 3 aliphatic rings. The molecule has 0 radical (unpaired) electrons. The first kappa shape index (κ1) is 26.1. The molecule has 3 aromatic rings. The smallest absolute Gasteiger partial charge is 0.243 e. The van der Waals surface area contributed by atoms with E-state index in [0.717, 1.165) is 37.1 Å². The second-order valence-corrected chi connectivity index (χ2v) is 11.7. The average Bonchev–Trinajstić information content (AvgIpc) is 2.97. The molecular weight excluding hydrogens is 534 g/mol. The molecule has 39 heavy (non-hydrogen) atoms. The number of ether oxygens (including phenoxy) is 2. The number of benzene rings is 3. The Balaban J connectivity index is 1.14. The molecule has 6 nitrogen and oxygen atoms in total. The number of thioether (sulfide) groups is 1. The van der Waals surface area contributed by atoms with Crippen molar-refractivity contribution in [3.05, 3.63) is 93.9 Å². The summed E-state index contributed by atoms with van der Waals surface area (Å²) in [5.74, 6) is 0.873. The number of carbonyl (C=O) groups is 2. The number of hydrogen-bond acceptors (Lipinski definition) is 7. The third kappa shape index (κ3) is 5.37. The first-order valence-electron chi connectivity index (χ1n) is 13.0. The van der Waals surface area contributed by atoms with Gasteiger partial charge >= 0.3 is 0 Å². The third-order valence-electron chi connectivity index (χ3n) is 7.53. The lowest BCUT2D eigenvalue weighted by molar-refractivity contribution is -0.111. The van der Waals surface area contributed by atoms with Crippen LogP contribution in [0.4, 0.5) is 0 Å². The van der Waals surface area contributed by atoms with Crippen LogP contribution in [0.2, 0.25) is 5.02 Å². The third-order valence-corrected chi connectivity index (χ3v) is 9.11. The van der Waals surface area contributed by atoms with Crippen LogP contribution in [0.5, 0.6) is 5.75 Å². The van der Waals surface area contributed by atoms with Gasteiger partial charge in [-0.3, -0.25) is 9.59 Å². The number of hydrogen-bond donors (Lipinski definition) is 1. The summed E-state index contributed by atoms with van der Waals surface area (Å²) in [6.45, 7) is 2.21. The summed E-state index contributed by atoms with van der Waals surface area (Å²) in [6.07, 6.45) is 0.894. The van der Waals surface area contributed by atoms with Crippen molar-refractivity contribution in [3.63, 3.8) is 0 Å². The Kier molecular flexibility index (Phi) is 7.25. The Morgan fingerprint density at radius 3 is 2.44 bits per heavy atom. The number of likely N-dealkylation sites (tertiary alicyclic amines) is 1. The van der Waals surface area contributed by atoms with E-state index in [1.165, 1.54) is 11.8 Å². The molecule has 1 aliphatic carbocycles. The van der Waals surface area contributed by atoms with Gasteiger partial charge in [0.15, 0.2) is 0 Å². The highest BCUT2D eigenvalue weighted by Crippen LogP contribution is 2.47. The molecule has 0 aromatic heterocycles. The van der Waals surface area contributed by atoms with Crippen molar-refractivity contribution < 1.29 is 24.2 Å². The van der Waals surface area contributed by atoms with E-state index in [9.17, 15) is 14.7 Å². The van der Waals surface area contributed by atoms with Gasteiger partial charge in [-0.2, -0.15) is 0 Å². The van der Waals surface area contributed by atoms with Gasteiger partial charge < -0.3 is 19.5 Å². The summed E-state index contributed by atoms with van der Waals surface area (Å²) >= 11 is 7.35. The van der Waals surface area contributed by atoms with Crippen molar-refractivity contribution in [3.8, 4) is 16.9 Å². The Labute approximate surface area is 236 Å². The van der Waals surface area contributed by atoms with Gasteiger partial charge in [0.25, 0.3) is 0 Å². The van der Waals surface area contributed by atoms with Gasteiger partial charge in [-0.25, -0.2) is 0 Å². The second kappa shape index (κ2) is 10.8. The first-order chi connectivity index (χ1) is 18.9. The molecule has 0 bridgehead atoms. The zero-order valence-corrected chi connectivity index (χ0v) is 22.8. The van der Waals surface area contributed by atoms with Crippen LogP contribution < -0.4 is 4.74 Å². The molecule has 1 atom stereocenters. The van der Waals surface area contributed by atoms with Crippen LogP contribution >= 0.6 is 23.4 Å². The fourth-order valence-corrected chi connectivity index (χ4v) is 6.72. The largest absolute Gasteiger partial charge is 0.491 e. The molecule has 6 rings (SSSR count). The van der Waals surface area contributed by atoms with Gasteiger partial charge in [0, 0.05) is 54.4 Å². The monoisotopic (exact) mass is 561 g/mol. The fraction of sp³-hybridized carbons (Fsp3) is 0.290. The molecular formula is C31H28ClNO5S. The number of halogens is 1. The molecule has 2 heterocycles. The zero-order valence-electron chi connectivity index (χ0n) is 21.3. The number of carbonyl (C=O) groups excluding carboxylic acids is 2. The number of fused-ring (bicyclic) bond motifs is 2. The molecule has 0 unspecified atom stereocenters. The van der Waals surface area contributed by atoms with Crippen molar-refractivity contribution in [1.29, 1.82) is 0 Å². The van der Waals surface area contributed by atoms with E-state index in [-0.39, 0.29) is 6.61 Å². The van der Waals surface area contributed by atoms with Gasteiger partial charge in [-0.1, -0.05) is 48.0 Å². The number of rotatable bonds is 6. The normalized spacial score (nSPS) is 19.3. The Morgan fingerprint density at radius 1 is 0.949 bits per heavy atom. The highest BCUT2D eigenvalue weighted by atomic mass is 35.5. The number of aliphatic hydroxyl groups excluding tert-OH is 1. The van der Waals surface area contributed by atoms with Crippen LogP contribution in [0.3, 0.4) is 0 Å². The van der Waals surface area contributed by atoms with Crippen LogP contribution in [0.15, 0.2) is 77.7 Å². The van der Waals surface area contributed by atoms with E-state index in [0.29, 0.717) is 44.9 Å².